The molecule has 0 unspecified atom stereocenters. The van der Waals surface area contributed by atoms with E-state index in [2.05, 4.69) is 15.3 Å². The summed E-state index contributed by atoms with van der Waals surface area (Å²) in [5, 5.41) is 4.50. The van der Waals surface area contributed by atoms with Crippen LogP contribution in [0.3, 0.4) is 0 Å². The van der Waals surface area contributed by atoms with Crippen molar-refractivity contribution in [3.63, 3.8) is 0 Å². The Morgan fingerprint density at radius 2 is 2.10 bits per heavy atom. The van der Waals surface area contributed by atoms with E-state index in [9.17, 15) is 0 Å². The Morgan fingerprint density at radius 1 is 1.15 bits per heavy atom. The van der Waals surface area contributed by atoms with Crippen LogP contribution in [0, 0.1) is 0 Å². The lowest BCUT2D eigenvalue weighted by molar-refractivity contribution is 0.415. The summed E-state index contributed by atoms with van der Waals surface area (Å²) in [7, 11) is 1.66. The molecule has 0 bridgehead atoms. The highest BCUT2D eigenvalue weighted by Gasteiger charge is 2.03. The maximum atomic E-state index is 5.22. The molecule has 4 heteroatoms. The van der Waals surface area contributed by atoms with Crippen LogP contribution in [0.1, 0.15) is 5.56 Å². The van der Waals surface area contributed by atoms with E-state index in [0.29, 0.717) is 0 Å². The molecule has 0 saturated heterocycles. The first-order valence-electron chi connectivity index (χ1n) is 6.42. The summed E-state index contributed by atoms with van der Waals surface area (Å²) in [5.74, 6) is 0.814. The average Bonchev–Trinajstić information content (AvgIpc) is 2.53. The fourth-order valence-electron chi connectivity index (χ4n) is 2.11. The van der Waals surface area contributed by atoms with Crippen LogP contribution in [-0.4, -0.2) is 17.1 Å². The molecule has 2 heterocycles. The lowest BCUT2D eigenvalue weighted by Gasteiger charge is -2.10. The number of anilines is 1. The third-order valence-electron chi connectivity index (χ3n) is 3.16. The van der Waals surface area contributed by atoms with Gasteiger partial charge < -0.3 is 10.1 Å². The van der Waals surface area contributed by atoms with Crippen LogP contribution < -0.4 is 10.1 Å². The summed E-state index contributed by atoms with van der Waals surface area (Å²) < 4.78 is 5.22. The molecule has 3 rings (SSSR count). The zero-order chi connectivity index (χ0) is 13.8. The molecule has 0 aliphatic carbocycles. The molecule has 3 aromatic rings. The van der Waals surface area contributed by atoms with Crippen LogP contribution in [0.5, 0.6) is 5.75 Å². The molecular formula is C16H15N3O. The van der Waals surface area contributed by atoms with Crippen molar-refractivity contribution >= 4 is 16.6 Å². The van der Waals surface area contributed by atoms with Crippen LogP contribution >= 0.6 is 0 Å². The molecule has 0 atom stereocenters. The summed E-state index contributed by atoms with van der Waals surface area (Å²) in [4.78, 5) is 8.49. The van der Waals surface area contributed by atoms with E-state index in [1.807, 2.05) is 42.6 Å². The van der Waals surface area contributed by atoms with Gasteiger partial charge in [0, 0.05) is 42.3 Å². The smallest absolute Gasteiger partial charge is 0.121 e. The van der Waals surface area contributed by atoms with Crippen molar-refractivity contribution in [1.29, 1.82) is 0 Å². The van der Waals surface area contributed by atoms with E-state index >= 15 is 0 Å². The number of benzene rings is 1. The van der Waals surface area contributed by atoms with Gasteiger partial charge in [0.05, 0.1) is 12.6 Å². The van der Waals surface area contributed by atoms with Gasteiger partial charge in [0.25, 0.3) is 0 Å². The first-order chi connectivity index (χ1) is 9.86. The second-order valence-corrected chi connectivity index (χ2v) is 4.46. The maximum absolute atomic E-state index is 5.22. The normalized spacial score (nSPS) is 10.4. The van der Waals surface area contributed by atoms with Crippen LogP contribution in [0.4, 0.5) is 5.69 Å². The minimum Gasteiger partial charge on any atom is -0.497 e. The van der Waals surface area contributed by atoms with Crippen LogP contribution in [0.25, 0.3) is 10.9 Å². The summed E-state index contributed by atoms with van der Waals surface area (Å²) in [5.41, 5.74) is 3.12. The standard InChI is InChI=1S/C16H15N3O/c1-20-13-4-5-14-15(6-8-18-16(14)9-13)19-11-12-3-2-7-17-10-12/h2-10H,11H2,1H3,(H,18,19). The molecule has 1 N–H and O–H groups in total. The first kappa shape index (κ1) is 12.4. The van der Waals surface area contributed by atoms with Gasteiger partial charge in [-0.25, -0.2) is 0 Å². The maximum Gasteiger partial charge on any atom is 0.121 e. The molecule has 20 heavy (non-hydrogen) atoms. The zero-order valence-electron chi connectivity index (χ0n) is 11.2. The largest absolute Gasteiger partial charge is 0.497 e. The van der Waals surface area contributed by atoms with Gasteiger partial charge in [0.15, 0.2) is 0 Å². The Balaban J connectivity index is 1.88. The van der Waals surface area contributed by atoms with Crippen molar-refractivity contribution in [2.45, 2.75) is 6.54 Å². The van der Waals surface area contributed by atoms with Crippen molar-refractivity contribution < 1.29 is 4.74 Å². The lowest BCUT2D eigenvalue weighted by atomic mass is 10.1. The number of ether oxygens (including phenoxy) is 1. The topological polar surface area (TPSA) is 47.0 Å². The SMILES string of the molecule is COc1ccc2c(NCc3cccnc3)ccnc2c1. The van der Waals surface area contributed by atoms with Gasteiger partial charge in [-0.1, -0.05) is 6.07 Å². The third-order valence-corrected chi connectivity index (χ3v) is 3.16. The Hall–Kier alpha value is -2.62. The Morgan fingerprint density at radius 3 is 2.90 bits per heavy atom. The molecule has 0 aliphatic heterocycles. The molecule has 0 aliphatic rings. The molecule has 0 saturated carbocycles. The lowest BCUT2D eigenvalue weighted by Crippen LogP contribution is -2.00. The van der Waals surface area contributed by atoms with Gasteiger partial charge >= 0.3 is 0 Å². The number of hydrogen-bond donors (Lipinski definition) is 1. The molecule has 0 fully saturated rings. The van der Waals surface area contributed by atoms with Gasteiger partial charge in [-0.2, -0.15) is 0 Å². The fraction of sp³-hybridized carbons (Fsp3) is 0.125. The highest BCUT2D eigenvalue weighted by Crippen LogP contribution is 2.25. The van der Waals surface area contributed by atoms with Gasteiger partial charge in [-0.05, 0) is 29.8 Å². The summed E-state index contributed by atoms with van der Waals surface area (Å²) >= 11 is 0. The first-order valence-corrected chi connectivity index (χ1v) is 6.42. The molecule has 0 amide bonds. The minimum atomic E-state index is 0.735. The van der Waals surface area contributed by atoms with Crippen molar-refractivity contribution in [3.05, 3.63) is 60.6 Å². The van der Waals surface area contributed by atoms with Crippen molar-refractivity contribution in [1.82, 2.24) is 9.97 Å². The molecule has 1 aromatic carbocycles. The molecule has 0 radical (unpaired) electrons. The highest BCUT2D eigenvalue weighted by atomic mass is 16.5. The van der Waals surface area contributed by atoms with E-state index < -0.39 is 0 Å². The van der Waals surface area contributed by atoms with E-state index in [-0.39, 0.29) is 0 Å². The average molecular weight is 265 g/mol. The molecule has 100 valence electrons. The van der Waals surface area contributed by atoms with Gasteiger partial charge in [0.2, 0.25) is 0 Å². The summed E-state index contributed by atoms with van der Waals surface area (Å²) in [6.07, 6.45) is 5.43. The number of rotatable bonds is 4. The minimum absolute atomic E-state index is 0.735. The Bertz CT molecular complexity index is 713. The number of methoxy groups -OCH3 is 1. The van der Waals surface area contributed by atoms with Gasteiger partial charge in [-0.3, -0.25) is 9.97 Å². The zero-order valence-corrected chi connectivity index (χ0v) is 11.2. The predicted molar refractivity (Wildman–Crippen MR) is 79.9 cm³/mol. The van der Waals surface area contributed by atoms with Crippen LogP contribution in [-0.2, 0) is 6.54 Å². The van der Waals surface area contributed by atoms with E-state index in [1.165, 1.54) is 0 Å². The van der Waals surface area contributed by atoms with Crippen molar-refractivity contribution in [2.24, 2.45) is 0 Å². The second-order valence-electron chi connectivity index (χ2n) is 4.46. The fourth-order valence-corrected chi connectivity index (χ4v) is 2.11. The second kappa shape index (κ2) is 5.57. The summed E-state index contributed by atoms with van der Waals surface area (Å²) in [6.45, 7) is 0.735. The summed E-state index contributed by atoms with van der Waals surface area (Å²) in [6, 6.07) is 11.9. The highest BCUT2D eigenvalue weighted by molar-refractivity contribution is 5.91. The predicted octanol–water partition coefficient (Wildman–Crippen LogP) is 3.25. The number of aromatic nitrogens is 2. The van der Waals surface area contributed by atoms with E-state index in [1.54, 1.807) is 19.5 Å². The van der Waals surface area contributed by atoms with Gasteiger partial charge in [-0.15, -0.1) is 0 Å². The monoisotopic (exact) mass is 265 g/mol. The van der Waals surface area contributed by atoms with Crippen molar-refractivity contribution in [3.8, 4) is 5.75 Å². The molecule has 2 aromatic heterocycles. The third kappa shape index (κ3) is 2.54. The van der Waals surface area contributed by atoms with E-state index in [4.69, 9.17) is 4.74 Å². The number of hydrogen-bond acceptors (Lipinski definition) is 4. The number of nitrogens with one attached hydrogen (secondary N) is 1. The Kier molecular flexibility index (Phi) is 3.46. The van der Waals surface area contributed by atoms with E-state index in [0.717, 1.165) is 34.4 Å². The van der Waals surface area contributed by atoms with Crippen LogP contribution in [0.2, 0.25) is 0 Å². The quantitative estimate of drug-likeness (QED) is 0.786. The molecule has 4 nitrogen and oxygen atoms in total. The molecular weight excluding hydrogens is 250 g/mol. The molecule has 0 spiro atoms. The number of pyridine rings is 2. The van der Waals surface area contributed by atoms with Crippen molar-refractivity contribution in [2.75, 3.05) is 12.4 Å². The van der Waals surface area contributed by atoms with Gasteiger partial charge in [0.1, 0.15) is 5.75 Å². The number of fused-ring (bicyclic) bond motifs is 1. The number of nitrogens with zero attached hydrogens (tertiary/aromatic N) is 2. The Labute approximate surface area is 117 Å². The van der Waals surface area contributed by atoms with Crippen LogP contribution in [0.15, 0.2) is 55.0 Å².